The van der Waals surface area contributed by atoms with Gasteiger partial charge in [-0.1, -0.05) is 57.1 Å². The summed E-state index contributed by atoms with van der Waals surface area (Å²) in [4.78, 5) is 11.4. The molecule has 0 aliphatic rings. The van der Waals surface area contributed by atoms with E-state index in [1.807, 2.05) is 20.8 Å². The summed E-state index contributed by atoms with van der Waals surface area (Å²) in [5.41, 5.74) is 0.380. The van der Waals surface area contributed by atoms with Crippen molar-refractivity contribution in [3.05, 3.63) is 58.5 Å². The van der Waals surface area contributed by atoms with Crippen LogP contribution in [0.3, 0.4) is 0 Å². The molecule has 0 aromatic heterocycles. The first-order valence-electron chi connectivity index (χ1n) is 7.13. The number of rotatable bonds is 5. The van der Waals surface area contributed by atoms with Gasteiger partial charge in [0.05, 0.1) is 29.5 Å². The third-order valence-corrected chi connectivity index (χ3v) is 3.06. The number of carbonyl (C=O) groups excluding carboxylic acids is 1. The number of carbonyl (C=O) groups is 1. The molecular formula is C17H25Cl2NO3. The second kappa shape index (κ2) is 14.0. The van der Waals surface area contributed by atoms with Gasteiger partial charge < -0.3 is 15.2 Å². The second-order valence-electron chi connectivity index (χ2n) is 3.97. The highest BCUT2D eigenvalue weighted by Gasteiger charge is 2.07. The fraction of sp³-hybridized carbons (Fsp3) is 0.353. The maximum atomic E-state index is 11.4. The molecule has 0 heterocycles. The summed E-state index contributed by atoms with van der Waals surface area (Å²) in [6.45, 7) is 12.8. The van der Waals surface area contributed by atoms with Gasteiger partial charge in [-0.25, -0.2) is 0 Å². The van der Waals surface area contributed by atoms with E-state index in [0.29, 0.717) is 15.6 Å². The highest BCUT2D eigenvalue weighted by molar-refractivity contribution is 6.42. The smallest absolute Gasteiger partial charge is 0.251 e. The molecule has 0 radical (unpaired) electrons. The van der Waals surface area contributed by atoms with E-state index in [4.69, 9.17) is 33.0 Å². The van der Waals surface area contributed by atoms with Gasteiger partial charge in [0.25, 0.3) is 5.91 Å². The summed E-state index contributed by atoms with van der Waals surface area (Å²) in [5.74, 6) is 0.391. The zero-order valence-corrected chi connectivity index (χ0v) is 15.6. The molecule has 1 amide bonds. The highest BCUT2D eigenvalue weighted by atomic mass is 35.5. The van der Waals surface area contributed by atoms with Crippen molar-refractivity contribution in [3.63, 3.8) is 0 Å². The van der Waals surface area contributed by atoms with Crippen LogP contribution in [0.15, 0.2) is 42.9 Å². The van der Waals surface area contributed by atoms with Crippen LogP contribution in [0.4, 0.5) is 0 Å². The molecule has 1 aromatic rings. The number of hydrogen-bond donors (Lipinski definition) is 2. The van der Waals surface area contributed by atoms with Crippen molar-refractivity contribution in [1.82, 2.24) is 5.32 Å². The van der Waals surface area contributed by atoms with E-state index in [-0.39, 0.29) is 18.2 Å². The quantitative estimate of drug-likeness (QED) is 0.692. The van der Waals surface area contributed by atoms with Crippen LogP contribution < -0.4 is 5.32 Å². The van der Waals surface area contributed by atoms with Crippen molar-refractivity contribution in [3.8, 4) is 0 Å². The Morgan fingerprint density at radius 1 is 1.26 bits per heavy atom. The summed E-state index contributed by atoms with van der Waals surface area (Å²) in [7, 11) is 1.63. The minimum atomic E-state index is -0.344. The molecule has 0 atom stereocenters. The molecule has 0 aliphatic heterocycles. The maximum Gasteiger partial charge on any atom is 0.251 e. The Kier molecular flexibility index (Phi) is 14.3. The van der Waals surface area contributed by atoms with Crippen molar-refractivity contribution >= 4 is 29.1 Å². The van der Waals surface area contributed by atoms with Crippen molar-refractivity contribution in [2.75, 3.05) is 13.7 Å². The zero-order chi connectivity index (χ0) is 18.4. The average Bonchev–Trinajstić information content (AvgIpc) is 2.56. The zero-order valence-electron chi connectivity index (χ0n) is 14.1. The van der Waals surface area contributed by atoms with E-state index < -0.39 is 0 Å². The number of aliphatic hydroxyl groups excluding tert-OH is 1. The van der Waals surface area contributed by atoms with Gasteiger partial charge in [0.2, 0.25) is 0 Å². The third-order valence-electron chi connectivity index (χ3n) is 2.32. The van der Waals surface area contributed by atoms with Crippen LogP contribution in [0.25, 0.3) is 0 Å². The first kappa shape index (κ1) is 23.6. The van der Waals surface area contributed by atoms with E-state index in [2.05, 4.69) is 18.5 Å². The van der Waals surface area contributed by atoms with Gasteiger partial charge in [-0.2, -0.15) is 0 Å². The lowest BCUT2D eigenvalue weighted by molar-refractivity contribution is 0.0952. The lowest BCUT2D eigenvalue weighted by Gasteiger charge is -2.04. The standard InChI is InChI=1S/C10H9Cl2NO2.C5H10O.C2H6/c1-6(14)5-13-10(15)7-2-3-8(11)9(12)4-7;1-4-5(2)6-3;1-2/h2-4,14H,1,5H2,(H,13,15);2,4H2,1,3H3;1-2H3. The van der Waals surface area contributed by atoms with Crippen LogP contribution in [0, 0.1) is 0 Å². The van der Waals surface area contributed by atoms with Crippen molar-refractivity contribution < 1.29 is 14.6 Å². The van der Waals surface area contributed by atoms with Gasteiger partial charge in [-0.3, -0.25) is 4.79 Å². The second-order valence-corrected chi connectivity index (χ2v) is 4.79. The van der Waals surface area contributed by atoms with Crippen LogP contribution in [-0.4, -0.2) is 24.7 Å². The van der Waals surface area contributed by atoms with Gasteiger partial charge in [0.15, 0.2) is 0 Å². The van der Waals surface area contributed by atoms with Gasteiger partial charge in [0.1, 0.15) is 5.76 Å². The van der Waals surface area contributed by atoms with Gasteiger partial charge in [-0.15, -0.1) is 0 Å². The molecule has 1 aromatic carbocycles. The monoisotopic (exact) mass is 361 g/mol. The molecule has 2 N–H and O–H groups in total. The summed E-state index contributed by atoms with van der Waals surface area (Å²) >= 11 is 11.4. The molecule has 0 aliphatic carbocycles. The minimum absolute atomic E-state index is 0.0130. The molecule has 0 saturated carbocycles. The van der Waals surface area contributed by atoms with Crippen LogP contribution in [-0.2, 0) is 4.74 Å². The fourth-order valence-electron chi connectivity index (χ4n) is 1.07. The lowest BCUT2D eigenvalue weighted by Crippen LogP contribution is -2.25. The molecule has 0 unspecified atom stereocenters. The number of methoxy groups -OCH3 is 1. The molecule has 130 valence electrons. The predicted octanol–water partition coefficient (Wildman–Crippen LogP) is 5.38. The van der Waals surface area contributed by atoms with Gasteiger partial charge in [-0.05, 0) is 18.2 Å². The summed E-state index contributed by atoms with van der Waals surface area (Å²) in [6, 6.07) is 4.54. The Morgan fingerprint density at radius 3 is 2.17 bits per heavy atom. The van der Waals surface area contributed by atoms with Crippen LogP contribution in [0.5, 0.6) is 0 Å². The molecular weight excluding hydrogens is 337 g/mol. The average molecular weight is 362 g/mol. The van der Waals surface area contributed by atoms with E-state index in [1.54, 1.807) is 13.2 Å². The Labute approximate surface area is 148 Å². The van der Waals surface area contributed by atoms with Crippen LogP contribution in [0.1, 0.15) is 37.6 Å². The van der Waals surface area contributed by atoms with Crippen LogP contribution in [0.2, 0.25) is 10.0 Å². The summed E-state index contributed by atoms with van der Waals surface area (Å²) in [6.07, 6.45) is 0.913. The molecule has 4 nitrogen and oxygen atoms in total. The van der Waals surface area contributed by atoms with Crippen molar-refractivity contribution in [2.24, 2.45) is 0 Å². The highest BCUT2D eigenvalue weighted by Crippen LogP contribution is 2.22. The lowest BCUT2D eigenvalue weighted by atomic mass is 10.2. The van der Waals surface area contributed by atoms with Crippen molar-refractivity contribution in [2.45, 2.75) is 27.2 Å². The SMILES string of the molecule is C=C(CC)OC.C=C(O)CNC(=O)c1ccc(Cl)c(Cl)c1.CC. The third kappa shape index (κ3) is 11.6. The number of nitrogens with one attached hydrogen (secondary N) is 1. The number of benzene rings is 1. The number of ether oxygens (including phenoxy) is 1. The number of allylic oxidation sites excluding steroid dienone is 1. The summed E-state index contributed by atoms with van der Waals surface area (Å²) in [5, 5.41) is 11.9. The minimum Gasteiger partial charge on any atom is -0.511 e. The first-order valence-corrected chi connectivity index (χ1v) is 7.89. The normalized spacial score (nSPS) is 8.61. The molecule has 1 rings (SSSR count). The number of aliphatic hydroxyl groups is 1. The molecule has 0 spiro atoms. The number of hydrogen-bond acceptors (Lipinski definition) is 3. The van der Waals surface area contributed by atoms with Crippen LogP contribution >= 0.6 is 23.2 Å². The van der Waals surface area contributed by atoms with Gasteiger partial charge >= 0.3 is 0 Å². The molecule has 23 heavy (non-hydrogen) atoms. The molecule has 0 fully saturated rings. The molecule has 0 saturated heterocycles. The molecule has 6 heteroatoms. The van der Waals surface area contributed by atoms with E-state index in [9.17, 15) is 4.79 Å². The largest absolute Gasteiger partial charge is 0.511 e. The van der Waals surface area contributed by atoms with E-state index in [1.165, 1.54) is 12.1 Å². The van der Waals surface area contributed by atoms with Gasteiger partial charge in [0, 0.05) is 12.0 Å². The number of amides is 1. The maximum absolute atomic E-state index is 11.4. The topological polar surface area (TPSA) is 58.6 Å². The molecule has 0 bridgehead atoms. The Hall–Kier alpha value is -1.65. The summed E-state index contributed by atoms with van der Waals surface area (Å²) < 4.78 is 4.70. The number of halogens is 2. The van der Waals surface area contributed by atoms with E-state index in [0.717, 1.165) is 12.2 Å². The fourth-order valence-corrected chi connectivity index (χ4v) is 1.36. The predicted molar refractivity (Wildman–Crippen MR) is 98.4 cm³/mol. The van der Waals surface area contributed by atoms with E-state index >= 15 is 0 Å². The Balaban J connectivity index is 0. The Bertz CT molecular complexity index is 511. The van der Waals surface area contributed by atoms with Crippen molar-refractivity contribution in [1.29, 1.82) is 0 Å². The Morgan fingerprint density at radius 2 is 1.83 bits per heavy atom. The first-order chi connectivity index (χ1) is 10.8.